The molecule has 0 saturated carbocycles. The number of nitrogens with two attached hydrogens (primary N) is 1. The van der Waals surface area contributed by atoms with E-state index in [-0.39, 0.29) is 12.4 Å². The van der Waals surface area contributed by atoms with Gasteiger partial charge in [-0.25, -0.2) is 4.39 Å². The molecule has 0 unspecified atom stereocenters. The van der Waals surface area contributed by atoms with Crippen molar-refractivity contribution in [1.29, 1.82) is 0 Å². The van der Waals surface area contributed by atoms with Crippen molar-refractivity contribution in [3.05, 3.63) is 29.6 Å². The lowest BCUT2D eigenvalue weighted by molar-refractivity contribution is 0.282. The summed E-state index contributed by atoms with van der Waals surface area (Å²) in [6.07, 6.45) is 0. The van der Waals surface area contributed by atoms with Gasteiger partial charge in [-0.3, -0.25) is 5.84 Å². The highest BCUT2D eigenvalue weighted by Gasteiger charge is 2.00. The first-order valence-electron chi connectivity index (χ1n) is 3.14. The van der Waals surface area contributed by atoms with Crippen molar-refractivity contribution in [2.75, 3.05) is 5.43 Å². The van der Waals surface area contributed by atoms with Gasteiger partial charge in [0.1, 0.15) is 5.82 Å². The molecular weight excluding hydrogens is 147 g/mol. The van der Waals surface area contributed by atoms with Gasteiger partial charge in [-0.05, 0) is 12.1 Å². The molecular formula is C7H9FN2O. The van der Waals surface area contributed by atoms with E-state index in [1.165, 1.54) is 18.2 Å². The van der Waals surface area contributed by atoms with Crippen molar-refractivity contribution in [1.82, 2.24) is 0 Å². The smallest absolute Gasteiger partial charge is 0.125 e. The molecule has 3 nitrogen and oxygen atoms in total. The van der Waals surface area contributed by atoms with E-state index in [1.807, 2.05) is 0 Å². The zero-order valence-electron chi connectivity index (χ0n) is 5.84. The van der Waals surface area contributed by atoms with Gasteiger partial charge in [-0.1, -0.05) is 6.07 Å². The average Bonchev–Trinajstić information content (AvgIpc) is 2.04. The standard InChI is InChI=1S/C7H9FN2O/c8-6-2-1-5(4-11)7(3-6)10-9/h1-3,10-11H,4,9H2. The minimum Gasteiger partial charge on any atom is -0.392 e. The third-order valence-corrected chi connectivity index (χ3v) is 1.40. The first kappa shape index (κ1) is 7.97. The molecule has 60 valence electrons. The molecule has 0 radical (unpaired) electrons. The largest absolute Gasteiger partial charge is 0.392 e. The second-order valence-electron chi connectivity index (χ2n) is 2.10. The number of hydrogen-bond acceptors (Lipinski definition) is 3. The summed E-state index contributed by atoms with van der Waals surface area (Å²) in [6, 6.07) is 3.97. The van der Waals surface area contributed by atoms with Crippen LogP contribution in [0.1, 0.15) is 5.56 Å². The summed E-state index contributed by atoms with van der Waals surface area (Å²) in [4.78, 5) is 0. The van der Waals surface area contributed by atoms with Gasteiger partial charge < -0.3 is 10.5 Å². The quantitative estimate of drug-likeness (QED) is 0.434. The summed E-state index contributed by atoms with van der Waals surface area (Å²) >= 11 is 0. The fourth-order valence-corrected chi connectivity index (χ4v) is 0.821. The highest BCUT2D eigenvalue weighted by Crippen LogP contribution is 2.15. The van der Waals surface area contributed by atoms with Crippen molar-refractivity contribution < 1.29 is 9.50 Å². The van der Waals surface area contributed by atoms with Gasteiger partial charge >= 0.3 is 0 Å². The number of benzene rings is 1. The normalized spacial score (nSPS) is 9.73. The van der Waals surface area contributed by atoms with E-state index in [4.69, 9.17) is 10.9 Å². The summed E-state index contributed by atoms with van der Waals surface area (Å²) < 4.78 is 12.5. The SMILES string of the molecule is NNc1cc(F)ccc1CO. The lowest BCUT2D eigenvalue weighted by Crippen LogP contribution is -2.09. The van der Waals surface area contributed by atoms with Crippen LogP contribution < -0.4 is 11.3 Å². The third kappa shape index (κ3) is 1.66. The van der Waals surface area contributed by atoms with Crippen LogP contribution in [0.5, 0.6) is 0 Å². The molecule has 0 bridgehead atoms. The Bertz CT molecular complexity index is 252. The second-order valence-corrected chi connectivity index (χ2v) is 2.10. The van der Waals surface area contributed by atoms with Gasteiger partial charge in [0.05, 0.1) is 12.3 Å². The molecule has 0 aliphatic rings. The lowest BCUT2D eigenvalue weighted by atomic mass is 10.2. The van der Waals surface area contributed by atoms with Crippen LogP contribution in [0.2, 0.25) is 0 Å². The molecule has 1 aromatic rings. The molecule has 0 saturated heterocycles. The van der Waals surface area contributed by atoms with E-state index < -0.39 is 0 Å². The summed E-state index contributed by atoms with van der Waals surface area (Å²) in [5.74, 6) is 4.69. The highest BCUT2D eigenvalue weighted by molar-refractivity contribution is 5.49. The number of rotatable bonds is 2. The highest BCUT2D eigenvalue weighted by atomic mass is 19.1. The number of aliphatic hydroxyl groups excluding tert-OH is 1. The van der Waals surface area contributed by atoms with Crippen molar-refractivity contribution in [3.8, 4) is 0 Å². The molecule has 1 aromatic carbocycles. The number of aliphatic hydroxyl groups is 1. The van der Waals surface area contributed by atoms with Crippen molar-refractivity contribution in [2.24, 2.45) is 5.84 Å². The minimum atomic E-state index is -0.379. The van der Waals surface area contributed by atoms with Gasteiger partial charge in [-0.2, -0.15) is 0 Å². The van der Waals surface area contributed by atoms with Crippen molar-refractivity contribution in [2.45, 2.75) is 6.61 Å². The van der Waals surface area contributed by atoms with E-state index in [9.17, 15) is 4.39 Å². The molecule has 4 heteroatoms. The summed E-state index contributed by atoms with van der Waals surface area (Å²) in [6.45, 7) is -0.153. The van der Waals surface area contributed by atoms with E-state index in [0.29, 0.717) is 11.3 Å². The molecule has 11 heavy (non-hydrogen) atoms. The molecule has 0 spiro atoms. The van der Waals surface area contributed by atoms with Crippen LogP contribution in [0.3, 0.4) is 0 Å². The molecule has 4 N–H and O–H groups in total. The number of hydrazine groups is 1. The zero-order valence-corrected chi connectivity index (χ0v) is 5.84. The predicted molar refractivity (Wildman–Crippen MR) is 40.1 cm³/mol. The second kappa shape index (κ2) is 3.32. The van der Waals surface area contributed by atoms with Crippen molar-refractivity contribution >= 4 is 5.69 Å². The summed E-state index contributed by atoms with van der Waals surface area (Å²) in [5, 5.41) is 8.72. The lowest BCUT2D eigenvalue weighted by Gasteiger charge is -2.04. The number of nitrogen functional groups attached to an aromatic ring is 1. The van der Waals surface area contributed by atoms with Crippen molar-refractivity contribution in [3.63, 3.8) is 0 Å². The van der Waals surface area contributed by atoms with Crippen LogP contribution in [0, 0.1) is 5.82 Å². The molecule has 0 fully saturated rings. The monoisotopic (exact) mass is 156 g/mol. The van der Waals surface area contributed by atoms with Gasteiger partial charge in [0.25, 0.3) is 0 Å². The Balaban J connectivity index is 3.06. The molecule has 0 heterocycles. The van der Waals surface area contributed by atoms with Crippen LogP contribution in [-0.4, -0.2) is 5.11 Å². The fraction of sp³-hybridized carbons (Fsp3) is 0.143. The third-order valence-electron chi connectivity index (χ3n) is 1.40. The minimum absolute atomic E-state index is 0.153. The summed E-state index contributed by atoms with van der Waals surface area (Å²) in [5.41, 5.74) is 3.27. The molecule has 0 amide bonds. The Morgan fingerprint density at radius 3 is 2.82 bits per heavy atom. The Morgan fingerprint density at radius 1 is 1.55 bits per heavy atom. The Hall–Kier alpha value is -1.13. The first-order chi connectivity index (χ1) is 5.27. The molecule has 0 aliphatic carbocycles. The van der Waals surface area contributed by atoms with Crippen LogP contribution in [-0.2, 0) is 6.61 Å². The number of halogens is 1. The predicted octanol–water partition coefficient (Wildman–Crippen LogP) is 0.604. The molecule has 0 aliphatic heterocycles. The first-order valence-corrected chi connectivity index (χ1v) is 3.14. The Kier molecular flexibility index (Phi) is 2.40. The van der Waals surface area contributed by atoms with Crippen LogP contribution in [0.4, 0.5) is 10.1 Å². The van der Waals surface area contributed by atoms with Crippen LogP contribution in [0.15, 0.2) is 18.2 Å². The maximum absolute atomic E-state index is 12.5. The van der Waals surface area contributed by atoms with E-state index in [1.54, 1.807) is 0 Å². The van der Waals surface area contributed by atoms with E-state index >= 15 is 0 Å². The topological polar surface area (TPSA) is 58.3 Å². The van der Waals surface area contributed by atoms with Gasteiger partial charge in [0, 0.05) is 5.56 Å². The number of hydrogen-bond donors (Lipinski definition) is 3. The number of anilines is 1. The number of nitrogens with one attached hydrogen (secondary N) is 1. The van der Waals surface area contributed by atoms with Gasteiger partial charge in [0.2, 0.25) is 0 Å². The molecule has 0 atom stereocenters. The van der Waals surface area contributed by atoms with Crippen LogP contribution in [0.25, 0.3) is 0 Å². The fourth-order valence-electron chi connectivity index (χ4n) is 0.821. The van der Waals surface area contributed by atoms with E-state index in [0.717, 1.165) is 0 Å². The van der Waals surface area contributed by atoms with Gasteiger partial charge in [0.15, 0.2) is 0 Å². The van der Waals surface area contributed by atoms with E-state index in [2.05, 4.69) is 5.43 Å². The Morgan fingerprint density at radius 2 is 2.27 bits per heavy atom. The molecule has 0 aromatic heterocycles. The average molecular weight is 156 g/mol. The molecule has 1 rings (SSSR count). The maximum atomic E-state index is 12.5. The Labute approximate surface area is 63.6 Å². The van der Waals surface area contributed by atoms with Crippen LogP contribution >= 0.6 is 0 Å². The zero-order chi connectivity index (χ0) is 8.27. The van der Waals surface area contributed by atoms with Gasteiger partial charge in [-0.15, -0.1) is 0 Å². The summed E-state index contributed by atoms with van der Waals surface area (Å²) in [7, 11) is 0. The maximum Gasteiger partial charge on any atom is 0.125 e.